The van der Waals surface area contributed by atoms with Gasteiger partial charge in [-0.1, -0.05) is 21.6 Å². The second kappa shape index (κ2) is 8.26. The molecule has 0 aliphatic rings. The molecular weight excluding hydrogens is 344 g/mol. The summed E-state index contributed by atoms with van der Waals surface area (Å²) in [6.07, 6.45) is 0. The molecule has 0 atom stereocenters. The van der Waals surface area contributed by atoms with E-state index in [2.05, 4.69) is 0 Å². The number of hydrogen-bond donors (Lipinski definition) is 0. The van der Waals surface area contributed by atoms with E-state index in [1.165, 1.54) is 35.4 Å². The van der Waals surface area contributed by atoms with Crippen LogP contribution in [0.4, 0.5) is 0 Å². The van der Waals surface area contributed by atoms with Crippen LogP contribution in [0.3, 0.4) is 0 Å². The average Bonchev–Trinajstić information content (AvgIpc) is 2.58. The minimum absolute atomic E-state index is 0.0156. The number of carbonyl (C=O) groups excluding carboxylic acids is 2. The maximum absolute atomic E-state index is 11.8. The van der Waals surface area contributed by atoms with E-state index in [-0.39, 0.29) is 11.6 Å². The minimum Gasteiger partial charge on any atom is -0.497 e. The van der Waals surface area contributed by atoms with Crippen molar-refractivity contribution < 1.29 is 19.1 Å². The lowest BCUT2D eigenvalue weighted by molar-refractivity contribution is 0.100. The quantitative estimate of drug-likeness (QED) is 0.515. The van der Waals surface area contributed by atoms with Crippen LogP contribution in [-0.2, 0) is 0 Å². The number of hydrogen-bond acceptors (Lipinski definition) is 6. The van der Waals surface area contributed by atoms with Gasteiger partial charge in [0.1, 0.15) is 11.5 Å². The number of rotatable bonds is 7. The molecule has 2 aromatic rings. The Morgan fingerprint density at radius 2 is 1.12 bits per heavy atom. The molecule has 0 heterocycles. The molecule has 0 saturated heterocycles. The molecule has 0 fully saturated rings. The summed E-state index contributed by atoms with van der Waals surface area (Å²) < 4.78 is 10.5. The lowest BCUT2D eigenvalue weighted by atomic mass is 10.1. The molecule has 0 amide bonds. The van der Waals surface area contributed by atoms with Crippen LogP contribution in [0.1, 0.15) is 34.6 Å². The van der Waals surface area contributed by atoms with Crippen molar-refractivity contribution in [2.75, 3.05) is 14.2 Å². The van der Waals surface area contributed by atoms with Gasteiger partial charge in [-0.15, -0.1) is 0 Å². The van der Waals surface area contributed by atoms with Crippen molar-refractivity contribution in [3.63, 3.8) is 0 Å². The molecule has 6 heteroatoms. The molecular formula is C18H18O4S2. The molecule has 0 aromatic heterocycles. The Kier molecular flexibility index (Phi) is 6.34. The first-order chi connectivity index (χ1) is 11.5. The van der Waals surface area contributed by atoms with Crippen molar-refractivity contribution in [3.05, 3.63) is 47.5 Å². The first-order valence-electron chi connectivity index (χ1n) is 7.18. The zero-order chi connectivity index (χ0) is 17.7. The third kappa shape index (κ3) is 4.33. The first-order valence-corrected chi connectivity index (χ1v) is 9.33. The highest BCUT2D eigenvalue weighted by molar-refractivity contribution is 8.76. The Bertz CT molecular complexity index is 706. The van der Waals surface area contributed by atoms with Crippen molar-refractivity contribution in [2.24, 2.45) is 0 Å². The number of methoxy groups -OCH3 is 2. The molecule has 0 aliphatic carbocycles. The van der Waals surface area contributed by atoms with Gasteiger partial charge >= 0.3 is 0 Å². The highest BCUT2D eigenvalue weighted by atomic mass is 33.1. The molecule has 0 aliphatic heterocycles. The fourth-order valence-electron chi connectivity index (χ4n) is 2.07. The van der Waals surface area contributed by atoms with E-state index in [0.717, 1.165) is 9.79 Å². The van der Waals surface area contributed by atoms with Gasteiger partial charge in [0.2, 0.25) is 0 Å². The molecule has 126 valence electrons. The van der Waals surface area contributed by atoms with E-state index in [9.17, 15) is 9.59 Å². The standard InChI is InChI=1S/C18H18O4S2/c1-11(19)15-7-5-13(21-3)9-17(15)23-24-18-10-14(22-4)6-8-16(18)12(2)20/h5-10H,1-4H3. The van der Waals surface area contributed by atoms with E-state index in [0.29, 0.717) is 22.6 Å². The third-order valence-electron chi connectivity index (χ3n) is 3.36. The number of ketones is 2. The van der Waals surface area contributed by atoms with Crippen LogP contribution in [0.5, 0.6) is 11.5 Å². The van der Waals surface area contributed by atoms with Crippen molar-refractivity contribution in [3.8, 4) is 11.5 Å². The average molecular weight is 362 g/mol. The van der Waals surface area contributed by atoms with Crippen molar-refractivity contribution in [1.82, 2.24) is 0 Å². The van der Waals surface area contributed by atoms with Gasteiger partial charge in [-0.2, -0.15) is 0 Å². The summed E-state index contributed by atoms with van der Waals surface area (Å²) in [7, 11) is 6.00. The van der Waals surface area contributed by atoms with Crippen LogP contribution < -0.4 is 9.47 Å². The van der Waals surface area contributed by atoms with Gasteiger partial charge in [0.05, 0.1) is 14.2 Å². The number of carbonyl (C=O) groups is 2. The Labute approximate surface area is 149 Å². The summed E-state index contributed by atoms with van der Waals surface area (Å²) in [4.78, 5) is 25.2. The van der Waals surface area contributed by atoms with Gasteiger partial charge in [0.25, 0.3) is 0 Å². The smallest absolute Gasteiger partial charge is 0.160 e. The number of benzene rings is 2. The Morgan fingerprint density at radius 3 is 1.42 bits per heavy atom. The van der Waals surface area contributed by atoms with E-state index in [1.807, 2.05) is 12.1 Å². The zero-order valence-corrected chi connectivity index (χ0v) is 15.5. The van der Waals surface area contributed by atoms with Crippen LogP contribution in [0, 0.1) is 0 Å². The summed E-state index contributed by atoms with van der Waals surface area (Å²) in [6, 6.07) is 10.7. The molecule has 0 unspecified atom stereocenters. The second-order valence-electron chi connectivity index (χ2n) is 5.00. The molecule has 0 spiro atoms. The predicted octanol–water partition coefficient (Wildman–Crippen LogP) is 4.91. The minimum atomic E-state index is -0.0156. The second-order valence-corrected chi connectivity index (χ2v) is 7.22. The first kappa shape index (κ1) is 18.4. The lowest BCUT2D eigenvalue weighted by Crippen LogP contribution is -1.97. The zero-order valence-electron chi connectivity index (χ0n) is 13.9. The SMILES string of the molecule is COc1ccc(C(C)=O)c(SSc2cc(OC)ccc2C(C)=O)c1. The van der Waals surface area contributed by atoms with Gasteiger partial charge in [0, 0.05) is 20.9 Å². The van der Waals surface area contributed by atoms with Gasteiger partial charge in [-0.3, -0.25) is 9.59 Å². The van der Waals surface area contributed by atoms with E-state index in [4.69, 9.17) is 9.47 Å². The van der Waals surface area contributed by atoms with Crippen LogP contribution >= 0.6 is 21.6 Å². The molecule has 2 aromatic carbocycles. The van der Waals surface area contributed by atoms with Gasteiger partial charge in [0.15, 0.2) is 11.6 Å². The Hall–Kier alpha value is -1.92. The molecule has 2 rings (SSSR count). The summed E-state index contributed by atoms with van der Waals surface area (Å²) in [5, 5.41) is 0. The topological polar surface area (TPSA) is 52.6 Å². The number of ether oxygens (including phenoxy) is 2. The third-order valence-corrected chi connectivity index (χ3v) is 5.80. The predicted molar refractivity (Wildman–Crippen MR) is 97.7 cm³/mol. The van der Waals surface area contributed by atoms with Crippen LogP contribution in [-0.4, -0.2) is 25.8 Å². The molecule has 0 bridgehead atoms. The summed E-state index contributed by atoms with van der Waals surface area (Å²) >= 11 is 0. The fourth-order valence-corrected chi connectivity index (χ4v) is 4.55. The summed E-state index contributed by atoms with van der Waals surface area (Å²) in [5.74, 6) is 1.33. The van der Waals surface area contributed by atoms with Crippen molar-refractivity contribution >= 4 is 33.2 Å². The summed E-state index contributed by atoms with van der Waals surface area (Å²) in [6.45, 7) is 3.06. The number of Topliss-reactive ketones (excluding diaryl/α,β-unsaturated/α-hetero) is 2. The molecule has 0 saturated carbocycles. The van der Waals surface area contributed by atoms with Gasteiger partial charge in [-0.25, -0.2) is 0 Å². The molecule has 0 N–H and O–H groups in total. The fraction of sp³-hybridized carbons (Fsp3) is 0.222. The van der Waals surface area contributed by atoms with Gasteiger partial charge < -0.3 is 9.47 Å². The molecule has 0 radical (unpaired) electrons. The van der Waals surface area contributed by atoms with E-state index in [1.54, 1.807) is 38.5 Å². The Balaban J connectivity index is 2.33. The normalized spacial score (nSPS) is 10.3. The molecule has 24 heavy (non-hydrogen) atoms. The van der Waals surface area contributed by atoms with E-state index >= 15 is 0 Å². The van der Waals surface area contributed by atoms with E-state index < -0.39 is 0 Å². The van der Waals surface area contributed by atoms with Crippen molar-refractivity contribution in [1.29, 1.82) is 0 Å². The molecule has 4 nitrogen and oxygen atoms in total. The maximum atomic E-state index is 11.8. The maximum Gasteiger partial charge on any atom is 0.160 e. The van der Waals surface area contributed by atoms with Crippen LogP contribution in [0.25, 0.3) is 0 Å². The monoisotopic (exact) mass is 362 g/mol. The highest BCUT2D eigenvalue weighted by Gasteiger charge is 2.14. The van der Waals surface area contributed by atoms with Gasteiger partial charge in [-0.05, 0) is 50.2 Å². The lowest BCUT2D eigenvalue weighted by Gasteiger charge is -2.11. The van der Waals surface area contributed by atoms with Crippen LogP contribution in [0.2, 0.25) is 0 Å². The van der Waals surface area contributed by atoms with Crippen molar-refractivity contribution in [2.45, 2.75) is 23.6 Å². The highest BCUT2D eigenvalue weighted by Crippen LogP contribution is 2.43. The summed E-state index contributed by atoms with van der Waals surface area (Å²) in [5.41, 5.74) is 1.25. The Morgan fingerprint density at radius 1 is 0.750 bits per heavy atom. The largest absolute Gasteiger partial charge is 0.497 e. The van der Waals surface area contributed by atoms with Crippen LogP contribution in [0.15, 0.2) is 46.2 Å².